The van der Waals surface area contributed by atoms with Crippen molar-refractivity contribution in [2.45, 2.75) is 4.90 Å². The van der Waals surface area contributed by atoms with Crippen molar-refractivity contribution in [3.8, 4) is 5.75 Å². The number of benzene rings is 1. The first-order valence-corrected chi connectivity index (χ1v) is 7.93. The van der Waals surface area contributed by atoms with Gasteiger partial charge in [0.25, 0.3) is 9.05 Å². The maximum atomic E-state index is 11.1. The van der Waals surface area contributed by atoms with E-state index in [9.17, 15) is 8.42 Å². The van der Waals surface area contributed by atoms with Crippen LogP contribution in [-0.2, 0) is 9.05 Å². The number of halogens is 3. The Morgan fingerprint density at radius 1 is 1.38 bits per heavy atom. The lowest BCUT2D eigenvalue weighted by atomic mass is 10.3. The molecule has 0 spiro atoms. The summed E-state index contributed by atoms with van der Waals surface area (Å²) in [6, 6.07) is 2.76. The Balaban J connectivity index is 3.22. The number of rotatable bonds is 4. The average molecular weight is 390 g/mol. The van der Waals surface area contributed by atoms with E-state index in [1.54, 1.807) is 6.08 Å². The summed E-state index contributed by atoms with van der Waals surface area (Å²) in [5, 5.41) is 0. The summed E-state index contributed by atoms with van der Waals surface area (Å²) in [6.07, 6.45) is 1.59. The Labute approximate surface area is 115 Å². The van der Waals surface area contributed by atoms with Crippen LogP contribution in [-0.4, -0.2) is 15.0 Å². The monoisotopic (exact) mass is 388 g/mol. The molecular weight excluding hydrogens is 383 g/mol. The third-order valence-electron chi connectivity index (χ3n) is 1.60. The van der Waals surface area contributed by atoms with Crippen LogP contribution in [0.25, 0.3) is 0 Å². The zero-order valence-corrected chi connectivity index (χ0v) is 12.7. The standard InChI is InChI=1S/C9H7Br2ClO3S/c1-2-3-15-9-7(10)4-6(5-8(9)11)16(12,13)14/h2,4-5H,1,3H2. The van der Waals surface area contributed by atoms with Gasteiger partial charge in [-0.15, -0.1) is 0 Å². The minimum Gasteiger partial charge on any atom is -0.487 e. The number of hydrogen-bond acceptors (Lipinski definition) is 3. The van der Waals surface area contributed by atoms with Crippen LogP contribution in [0.15, 0.2) is 38.6 Å². The number of hydrogen-bond donors (Lipinski definition) is 0. The highest BCUT2D eigenvalue weighted by molar-refractivity contribution is 9.11. The summed E-state index contributed by atoms with van der Waals surface area (Å²) in [5.41, 5.74) is 0. The molecule has 0 aromatic heterocycles. The molecule has 0 unspecified atom stereocenters. The van der Waals surface area contributed by atoms with Gasteiger partial charge in [-0.2, -0.15) is 0 Å². The van der Waals surface area contributed by atoms with E-state index in [0.717, 1.165) is 0 Å². The van der Waals surface area contributed by atoms with Crippen LogP contribution >= 0.6 is 42.5 Å². The second-order valence-corrected chi connectivity index (χ2v) is 7.03. The largest absolute Gasteiger partial charge is 0.487 e. The van der Waals surface area contributed by atoms with Crippen LogP contribution in [0, 0.1) is 0 Å². The van der Waals surface area contributed by atoms with Gasteiger partial charge in [-0.05, 0) is 44.0 Å². The molecule has 0 bridgehead atoms. The summed E-state index contributed by atoms with van der Waals surface area (Å²) >= 11 is 6.42. The van der Waals surface area contributed by atoms with Crippen molar-refractivity contribution < 1.29 is 13.2 Å². The first-order valence-electron chi connectivity index (χ1n) is 4.03. The SMILES string of the molecule is C=CCOc1c(Br)cc(S(=O)(=O)Cl)cc1Br. The van der Waals surface area contributed by atoms with Crippen molar-refractivity contribution in [2.24, 2.45) is 0 Å². The van der Waals surface area contributed by atoms with E-state index in [1.165, 1.54) is 12.1 Å². The van der Waals surface area contributed by atoms with Crippen molar-refractivity contribution in [1.29, 1.82) is 0 Å². The predicted molar refractivity (Wildman–Crippen MR) is 70.6 cm³/mol. The molecule has 0 saturated carbocycles. The molecule has 0 fully saturated rings. The van der Waals surface area contributed by atoms with Gasteiger partial charge in [0.15, 0.2) is 0 Å². The molecule has 0 aliphatic rings. The van der Waals surface area contributed by atoms with Crippen LogP contribution in [0.3, 0.4) is 0 Å². The molecule has 1 rings (SSSR count). The molecule has 0 N–H and O–H groups in total. The third-order valence-corrected chi connectivity index (χ3v) is 4.11. The maximum Gasteiger partial charge on any atom is 0.261 e. The predicted octanol–water partition coefficient (Wildman–Crippen LogP) is 3.70. The lowest BCUT2D eigenvalue weighted by molar-refractivity contribution is 0.358. The first kappa shape index (κ1) is 14.0. The zero-order chi connectivity index (χ0) is 12.3. The molecular formula is C9H7Br2ClO3S. The molecule has 88 valence electrons. The quantitative estimate of drug-likeness (QED) is 0.582. The van der Waals surface area contributed by atoms with E-state index in [1.807, 2.05) is 0 Å². The Kier molecular flexibility index (Phi) is 4.85. The fourth-order valence-corrected chi connectivity index (χ4v) is 3.46. The van der Waals surface area contributed by atoms with Crippen molar-refractivity contribution >= 4 is 51.6 Å². The topological polar surface area (TPSA) is 43.4 Å². The summed E-state index contributed by atoms with van der Waals surface area (Å²) in [4.78, 5) is -0.00105. The summed E-state index contributed by atoms with van der Waals surface area (Å²) in [7, 11) is 1.48. The highest BCUT2D eigenvalue weighted by atomic mass is 79.9. The van der Waals surface area contributed by atoms with Crippen LogP contribution < -0.4 is 4.74 Å². The Morgan fingerprint density at radius 2 is 1.88 bits per heavy atom. The lowest BCUT2D eigenvalue weighted by Gasteiger charge is -2.09. The van der Waals surface area contributed by atoms with Gasteiger partial charge in [0.05, 0.1) is 13.8 Å². The van der Waals surface area contributed by atoms with E-state index < -0.39 is 9.05 Å². The van der Waals surface area contributed by atoms with Crippen molar-refractivity contribution in [2.75, 3.05) is 6.61 Å². The van der Waals surface area contributed by atoms with Gasteiger partial charge in [-0.1, -0.05) is 12.7 Å². The summed E-state index contributed by atoms with van der Waals surface area (Å²) in [6.45, 7) is 3.84. The van der Waals surface area contributed by atoms with Gasteiger partial charge >= 0.3 is 0 Å². The van der Waals surface area contributed by atoms with E-state index in [0.29, 0.717) is 21.3 Å². The van der Waals surface area contributed by atoms with Crippen molar-refractivity contribution in [3.63, 3.8) is 0 Å². The Morgan fingerprint density at radius 3 is 2.25 bits per heavy atom. The fraction of sp³-hybridized carbons (Fsp3) is 0.111. The molecule has 0 radical (unpaired) electrons. The molecule has 0 aliphatic heterocycles. The second-order valence-electron chi connectivity index (χ2n) is 2.75. The van der Waals surface area contributed by atoms with Gasteiger partial charge < -0.3 is 4.74 Å². The maximum absolute atomic E-state index is 11.1. The smallest absolute Gasteiger partial charge is 0.261 e. The van der Waals surface area contributed by atoms with Gasteiger partial charge in [-0.3, -0.25) is 0 Å². The van der Waals surface area contributed by atoms with Gasteiger partial charge in [-0.25, -0.2) is 8.42 Å². The molecule has 0 amide bonds. The Bertz CT molecular complexity index is 490. The molecule has 0 heterocycles. The molecule has 1 aromatic rings. The Hall–Kier alpha value is -0.0400. The molecule has 1 aromatic carbocycles. The molecule has 16 heavy (non-hydrogen) atoms. The van der Waals surface area contributed by atoms with Crippen LogP contribution in [0.1, 0.15) is 0 Å². The highest BCUT2D eigenvalue weighted by Crippen LogP contribution is 2.36. The molecule has 3 nitrogen and oxygen atoms in total. The van der Waals surface area contributed by atoms with E-state index in [2.05, 4.69) is 38.4 Å². The zero-order valence-electron chi connectivity index (χ0n) is 7.91. The van der Waals surface area contributed by atoms with Crippen LogP contribution in [0.4, 0.5) is 0 Å². The first-order chi connectivity index (χ1) is 7.36. The van der Waals surface area contributed by atoms with E-state index >= 15 is 0 Å². The molecule has 0 saturated heterocycles. The normalized spacial score (nSPS) is 11.2. The van der Waals surface area contributed by atoms with Gasteiger partial charge in [0, 0.05) is 10.7 Å². The van der Waals surface area contributed by atoms with Crippen molar-refractivity contribution in [3.05, 3.63) is 33.7 Å². The minimum absolute atomic E-state index is 0.00105. The average Bonchev–Trinajstić information content (AvgIpc) is 2.15. The highest BCUT2D eigenvalue weighted by Gasteiger charge is 2.16. The summed E-state index contributed by atoms with van der Waals surface area (Å²) in [5.74, 6) is 0.504. The van der Waals surface area contributed by atoms with E-state index in [-0.39, 0.29) is 4.90 Å². The number of ether oxygens (including phenoxy) is 1. The van der Waals surface area contributed by atoms with Gasteiger partial charge in [0.1, 0.15) is 12.4 Å². The molecule has 0 atom stereocenters. The van der Waals surface area contributed by atoms with Gasteiger partial charge in [0.2, 0.25) is 0 Å². The molecule has 7 heteroatoms. The third kappa shape index (κ3) is 3.48. The van der Waals surface area contributed by atoms with E-state index in [4.69, 9.17) is 15.4 Å². The van der Waals surface area contributed by atoms with Crippen LogP contribution in [0.5, 0.6) is 5.75 Å². The van der Waals surface area contributed by atoms with Crippen molar-refractivity contribution in [1.82, 2.24) is 0 Å². The fourth-order valence-electron chi connectivity index (χ4n) is 0.958. The molecule has 0 aliphatic carbocycles. The van der Waals surface area contributed by atoms with Crippen LogP contribution in [0.2, 0.25) is 0 Å². The second kappa shape index (κ2) is 5.53. The minimum atomic E-state index is -3.75. The summed E-state index contributed by atoms with van der Waals surface area (Å²) < 4.78 is 28.6. The lowest BCUT2D eigenvalue weighted by Crippen LogP contribution is -1.97.